The van der Waals surface area contributed by atoms with Gasteiger partial charge in [0.05, 0.1) is 9.89 Å². The van der Waals surface area contributed by atoms with Crippen LogP contribution in [-0.4, -0.2) is 15.2 Å². The van der Waals surface area contributed by atoms with E-state index in [1.165, 1.54) is 18.2 Å². The van der Waals surface area contributed by atoms with E-state index in [0.717, 1.165) is 0 Å². The maximum Gasteiger partial charge on any atom is 0.182 e. The highest BCUT2D eigenvalue weighted by molar-refractivity contribution is 9.10. The van der Waals surface area contributed by atoms with Gasteiger partial charge in [0.15, 0.2) is 5.78 Å². The van der Waals surface area contributed by atoms with Crippen molar-refractivity contribution in [2.75, 3.05) is 0 Å². The summed E-state index contributed by atoms with van der Waals surface area (Å²) in [5.74, 6) is -0.246. The summed E-state index contributed by atoms with van der Waals surface area (Å²) in [5, 5.41) is 9.90. The number of rotatable bonds is 2. The van der Waals surface area contributed by atoms with Crippen molar-refractivity contribution in [1.29, 1.82) is 0 Å². The molecule has 14 heavy (non-hydrogen) atoms. The fraction of sp³-hybridized carbons (Fsp3) is 0.300. The Morgan fingerprint density at radius 3 is 2.57 bits per heavy atom. The Hall–Kier alpha value is -0.540. The van der Waals surface area contributed by atoms with Gasteiger partial charge in [-0.15, -0.1) is 0 Å². The maximum atomic E-state index is 11.8. The number of Topliss-reactive ketones (excluding diaryl/α,β-unsaturated/α-hetero) is 1. The highest BCUT2D eigenvalue weighted by Gasteiger charge is 2.27. The fourth-order valence-electron chi connectivity index (χ4n) is 1.01. The van der Waals surface area contributed by atoms with Crippen molar-refractivity contribution in [3.05, 3.63) is 28.8 Å². The summed E-state index contributed by atoms with van der Waals surface area (Å²) >= 11 is 8.97. The zero-order valence-electron chi connectivity index (χ0n) is 7.84. The number of carbonyl (C=O) groups excluding carboxylic acids is 1. The molecule has 0 unspecified atom stereocenters. The summed E-state index contributed by atoms with van der Waals surface area (Å²) in [6.07, 6.45) is 0. The second-order valence-electron chi connectivity index (χ2n) is 3.46. The summed E-state index contributed by atoms with van der Waals surface area (Å²) in [6.45, 7) is 3.44. The molecule has 0 aromatic heterocycles. The molecule has 0 aliphatic carbocycles. The average Bonchev–Trinajstić information content (AvgIpc) is 2.06. The van der Waals surface area contributed by atoms with Crippen LogP contribution in [-0.2, 0) is 0 Å². The zero-order chi connectivity index (χ0) is 10.9. The topological polar surface area (TPSA) is 37.3 Å². The number of halogens is 2. The number of phenolic OH excluding ortho intramolecular Hbond substituents is 1. The quantitative estimate of drug-likeness (QED) is 0.664. The van der Waals surface area contributed by atoms with Crippen molar-refractivity contribution in [3.8, 4) is 5.75 Å². The molecule has 0 fully saturated rings. The van der Waals surface area contributed by atoms with Crippen LogP contribution in [0.4, 0.5) is 0 Å². The van der Waals surface area contributed by atoms with E-state index in [0.29, 0.717) is 5.02 Å². The number of aromatic hydroxyl groups is 1. The lowest BCUT2D eigenvalue weighted by atomic mass is 10.0. The standard InChI is InChI=1S/C10H10BrClO2/c1-10(2,11)9(14)7-5-6(12)3-4-8(7)13/h3-5,13H,1-2H3. The number of ketones is 1. The number of alkyl halides is 1. The van der Waals surface area contributed by atoms with Crippen LogP contribution < -0.4 is 0 Å². The molecule has 0 spiro atoms. The lowest BCUT2D eigenvalue weighted by Crippen LogP contribution is -2.24. The molecule has 1 N–H and O–H groups in total. The van der Waals surface area contributed by atoms with Crippen LogP contribution >= 0.6 is 27.5 Å². The van der Waals surface area contributed by atoms with Crippen molar-refractivity contribution in [2.24, 2.45) is 0 Å². The Kier molecular flexibility index (Phi) is 3.22. The third kappa shape index (κ3) is 2.49. The Labute approximate surface area is 96.0 Å². The molecule has 1 aromatic carbocycles. The van der Waals surface area contributed by atoms with E-state index < -0.39 is 4.32 Å². The van der Waals surface area contributed by atoms with E-state index in [1.54, 1.807) is 13.8 Å². The van der Waals surface area contributed by atoms with Gasteiger partial charge < -0.3 is 5.11 Å². The van der Waals surface area contributed by atoms with Gasteiger partial charge >= 0.3 is 0 Å². The van der Waals surface area contributed by atoms with Crippen molar-refractivity contribution in [2.45, 2.75) is 18.2 Å². The van der Waals surface area contributed by atoms with E-state index in [9.17, 15) is 9.90 Å². The number of hydrogen-bond acceptors (Lipinski definition) is 2. The number of carbonyl (C=O) groups is 1. The van der Waals surface area contributed by atoms with Gasteiger partial charge in [0.25, 0.3) is 0 Å². The molecule has 2 nitrogen and oxygen atoms in total. The van der Waals surface area contributed by atoms with Crippen LogP contribution in [0.3, 0.4) is 0 Å². The van der Waals surface area contributed by atoms with E-state index >= 15 is 0 Å². The smallest absolute Gasteiger partial charge is 0.182 e. The minimum Gasteiger partial charge on any atom is -0.507 e. The SMILES string of the molecule is CC(C)(Br)C(=O)c1cc(Cl)ccc1O. The molecular weight excluding hydrogens is 267 g/mol. The third-order valence-electron chi connectivity index (χ3n) is 1.74. The first kappa shape index (κ1) is 11.5. The van der Waals surface area contributed by atoms with E-state index in [-0.39, 0.29) is 17.1 Å². The van der Waals surface area contributed by atoms with Crippen LogP contribution in [0, 0.1) is 0 Å². The summed E-state index contributed by atoms with van der Waals surface area (Å²) in [4.78, 5) is 11.8. The number of hydrogen-bond donors (Lipinski definition) is 1. The first-order chi connectivity index (χ1) is 6.32. The monoisotopic (exact) mass is 276 g/mol. The molecule has 4 heteroatoms. The molecule has 0 aliphatic heterocycles. The number of benzene rings is 1. The molecule has 1 rings (SSSR count). The van der Waals surface area contributed by atoms with Gasteiger partial charge in [0.2, 0.25) is 0 Å². The van der Waals surface area contributed by atoms with E-state index in [4.69, 9.17) is 11.6 Å². The molecule has 0 amide bonds. The summed E-state index contributed by atoms with van der Waals surface area (Å²) in [5.41, 5.74) is 0.236. The Balaban J connectivity index is 3.19. The molecule has 0 saturated heterocycles. The Bertz CT molecular complexity index is 369. The van der Waals surface area contributed by atoms with Crippen LogP contribution in [0.5, 0.6) is 5.75 Å². The molecule has 1 aromatic rings. The zero-order valence-corrected chi connectivity index (χ0v) is 10.2. The minimum absolute atomic E-state index is 0.0491. The molecule has 0 bridgehead atoms. The predicted molar refractivity (Wildman–Crippen MR) is 60.5 cm³/mol. The normalized spacial score (nSPS) is 11.4. The van der Waals surface area contributed by atoms with Gasteiger partial charge in [0.1, 0.15) is 5.75 Å². The van der Waals surface area contributed by atoms with Crippen LogP contribution in [0.2, 0.25) is 5.02 Å². The van der Waals surface area contributed by atoms with Crippen LogP contribution in [0.1, 0.15) is 24.2 Å². The van der Waals surface area contributed by atoms with Crippen molar-refractivity contribution in [3.63, 3.8) is 0 Å². The lowest BCUT2D eigenvalue weighted by molar-refractivity contribution is 0.0958. The fourth-order valence-corrected chi connectivity index (χ4v) is 1.40. The molecular formula is C10H10BrClO2. The third-order valence-corrected chi connectivity index (χ3v) is 2.34. The molecule has 0 saturated carbocycles. The van der Waals surface area contributed by atoms with Gasteiger partial charge in [-0.05, 0) is 32.0 Å². The van der Waals surface area contributed by atoms with Crippen molar-refractivity contribution >= 4 is 33.3 Å². The number of phenols is 1. The summed E-state index contributed by atoms with van der Waals surface area (Å²) in [6, 6.07) is 4.41. The average molecular weight is 278 g/mol. The highest BCUT2D eigenvalue weighted by atomic mass is 79.9. The highest BCUT2D eigenvalue weighted by Crippen LogP contribution is 2.29. The summed E-state index contributed by atoms with van der Waals surface area (Å²) in [7, 11) is 0. The van der Waals surface area contributed by atoms with Gasteiger partial charge in [0, 0.05) is 5.02 Å². The molecule has 0 aliphatic rings. The van der Waals surface area contributed by atoms with E-state index in [2.05, 4.69) is 15.9 Å². The Morgan fingerprint density at radius 2 is 2.07 bits per heavy atom. The Morgan fingerprint density at radius 1 is 1.50 bits per heavy atom. The molecule has 0 radical (unpaired) electrons. The first-order valence-corrected chi connectivity index (χ1v) is 5.21. The molecule has 0 atom stereocenters. The van der Waals surface area contributed by atoms with Crippen molar-refractivity contribution in [1.82, 2.24) is 0 Å². The summed E-state index contributed by atoms with van der Waals surface area (Å²) < 4.78 is -0.699. The van der Waals surface area contributed by atoms with Gasteiger partial charge in [-0.2, -0.15) is 0 Å². The van der Waals surface area contributed by atoms with Gasteiger partial charge in [-0.1, -0.05) is 27.5 Å². The van der Waals surface area contributed by atoms with Crippen molar-refractivity contribution < 1.29 is 9.90 Å². The minimum atomic E-state index is -0.699. The van der Waals surface area contributed by atoms with Gasteiger partial charge in [-0.3, -0.25) is 4.79 Å². The van der Waals surface area contributed by atoms with Crippen LogP contribution in [0.15, 0.2) is 18.2 Å². The first-order valence-electron chi connectivity index (χ1n) is 4.04. The second-order valence-corrected chi connectivity index (χ2v) is 5.88. The second kappa shape index (κ2) is 3.91. The van der Waals surface area contributed by atoms with Crippen LogP contribution in [0.25, 0.3) is 0 Å². The predicted octanol–water partition coefficient (Wildman–Crippen LogP) is 3.40. The van der Waals surface area contributed by atoms with E-state index in [1.807, 2.05) is 0 Å². The molecule has 0 heterocycles. The maximum absolute atomic E-state index is 11.8. The molecule has 76 valence electrons. The lowest BCUT2D eigenvalue weighted by Gasteiger charge is -2.15. The largest absolute Gasteiger partial charge is 0.507 e. The van der Waals surface area contributed by atoms with Gasteiger partial charge in [-0.25, -0.2) is 0 Å².